The molecule has 0 aromatic heterocycles. The van der Waals surface area contributed by atoms with Crippen LogP contribution in [0.4, 0.5) is 0 Å². The molecule has 11 heavy (non-hydrogen) atoms. The van der Waals surface area contributed by atoms with E-state index in [1.54, 1.807) is 0 Å². The van der Waals surface area contributed by atoms with E-state index >= 15 is 0 Å². The molecular formula is C10H17N. The molecule has 1 heteroatoms. The molecule has 0 atom stereocenters. The van der Waals surface area contributed by atoms with E-state index in [9.17, 15) is 0 Å². The van der Waals surface area contributed by atoms with Crippen molar-refractivity contribution >= 4 is 0 Å². The van der Waals surface area contributed by atoms with Crippen LogP contribution in [0.25, 0.3) is 0 Å². The van der Waals surface area contributed by atoms with E-state index in [0.717, 1.165) is 24.9 Å². The van der Waals surface area contributed by atoms with Gasteiger partial charge in [0.2, 0.25) is 0 Å². The Morgan fingerprint density at radius 3 is 2.73 bits per heavy atom. The molecule has 62 valence electrons. The van der Waals surface area contributed by atoms with Gasteiger partial charge in [0.05, 0.1) is 6.54 Å². The van der Waals surface area contributed by atoms with Gasteiger partial charge in [-0.05, 0) is 25.3 Å². The Morgan fingerprint density at radius 1 is 1.45 bits per heavy atom. The number of hydrogen-bond donors (Lipinski definition) is 1. The van der Waals surface area contributed by atoms with Crippen LogP contribution in [0.15, 0.2) is 0 Å². The zero-order valence-corrected chi connectivity index (χ0v) is 7.48. The Bertz CT molecular complexity index is 157. The molecule has 0 saturated heterocycles. The first-order valence-electron chi connectivity index (χ1n) is 4.48. The molecule has 0 unspecified atom stereocenters. The lowest BCUT2D eigenvalue weighted by atomic mass is 10.2. The van der Waals surface area contributed by atoms with Gasteiger partial charge in [-0.25, -0.2) is 0 Å². The maximum Gasteiger partial charge on any atom is 0.0576 e. The zero-order valence-electron chi connectivity index (χ0n) is 7.48. The van der Waals surface area contributed by atoms with Gasteiger partial charge in [0.15, 0.2) is 0 Å². The SMILES string of the molecule is CC(C)CNCC#CC1CC1. The number of hydrogen-bond acceptors (Lipinski definition) is 1. The summed E-state index contributed by atoms with van der Waals surface area (Å²) in [5.41, 5.74) is 0. The Kier molecular flexibility index (Phi) is 3.45. The third-order valence-corrected chi connectivity index (χ3v) is 1.65. The third kappa shape index (κ3) is 4.86. The quantitative estimate of drug-likeness (QED) is 0.477. The van der Waals surface area contributed by atoms with Gasteiger partial charge in [-0.1, -0.05) is 25.7 Å². The molecule has 1 N–H and O–H groups in total. The van der Waals surface area contributed by atoms with E-state index in [4.69, 9.17) is 0 Å². The Labute approximate surface area is 69.6 Å². The van der Waals surface area contributed by atoms with Crippen molar-refractivity contribution in [2.45, 2.75) is 26.7 Å². The fraction of sp³-hybridized carbons (Fsp3) is 0.800. The highest BCUT2D eigenvalue weighted by Crippen LogP contribution is 2.27. The minimum absolute atomic E-state index is 0.734. The van der Waals surface area contributed by atoms with Crippen molar-refractivity contribution in [3.05, 3.63) is 0 Å². The minimum Gasteiger partial charge on any atom is -0.306 e. The molecule has 0 heterocycles. The first kappa shape index (κ1) is 8.62. The van der Waals surface area contributed by atoms with Gasteiger partial charge in [-0.2, -0.15) is 0 Å². The van der Waals surface area contributed by atoms with Crippen molar-refractivity contribution in [3.63, 3.8) is 0 Å². The summed E-state index contributed by atoms with van der Waals surface area (Å²) in [7, 11) is 0. The molecule has 1 saturated carbocycles. The van der Waals surface area contributed by atoms with Crippen LogP contribution in [0.3, 0.4) is 0 Å². The van der Waals surface area contributed by atoms with Crippen molar-refractivity contribution in [1.82, 2.24) is 5.32 Å². The topological polar surface area (TPSA) is 12.0 Å². The van der Waals surface area contributed by atoms with E-state index in [0.29, 0.717) is 0 Å². The minimum atomic E-state index is 0.734. The van der Waals surface area contributed by atoms with Crippen LogP contribution in [0.5, 0.6) is 0 Å². The summed E-state index contributed by atoms with van der Waals surface area (Å²) in [5, 5.41) is 3.29. The lowest BCUT2D eigenvalue weighted by Gasteiger charge is -2.02. The summed E-state index contributed by atoms with van der Waals surface area (Å²) in [6.07, 6.45) is 2.66. The van der Waals surface area contributed by atoms with E-state index in [2.05, 4.69) is 31.0 Å². The van der Waals surface area contributed by atoms with Gasteiger partial charge in [0, 0.05) is 5.92 Å². The van der Waals surface area contributed by atoms with E-state index < -0.39 is 0 Å². The summed E-state index contributed by atoms with van der Waals surface area (Å²) in [5.74, 6) is 7.84. The second-order valence-electron chi connectivity index (χ2n) is 3.62. The van der Waals surface area contributed by atoms with Crippen LogP contribution < -0.4 is 5.32 Å². The Morgan fingerprint density at radius 2 is 2.18 bits per heavy atom. The Balaban J connectivity index is 1.91. The molecule has 1 fully saturated rings. The monoisotopic (exact) mass is 151 g/mol. The van der Waals surface area contributed by atoms with Crippen molar-refractivity contribution < 1.29 is 0 Å². The van der Waals surface area contributed by atoms with Gasteiger partial charge in [-0.15, -0.1) is 0 Å². The number of rotatable bonds is 3. The maximum atomic E-state index is 3.29. The first-order chi connectivity index (χ1) is 5.29. The van der Waals surface area contributed by atoms with Crippen molar-refractivity contribution in [2.75, 3.05) is 13.1 Å². The van der Waals surface area contributed by atoms with Crippen LogP contribution in [-0.4, -0.2) is 13.1 Å². The molecule has 0 radical (unpaired) electrons. The van der Waals surface area contributed by atoms with Gasteiger partial charge in [-0.3, -0.25) is 0 Å². The predicted molar refractivity (Wildman–Crippen MR) is 48.2 cm³/mol. The van der Waals surface area contributed by atoms with Gasteiger partial charge in [0.25, 0.3) is 0 Å². The predicted octanol–water partition coefficient (Wildman–Crippen LogP) is 1.65. The van der Waals surface area contributed by atoms with Crippen LogP contribution in [0, 0.1) is 23.7 Å². The average Bonchev–Trinajstić information content (AvgIpc) is 2.70. The van der Waals surface area contributed by atoms with Crippen LogP contribution in [0.2, 0.25) is 0 Å². The second-order valence-corrected chi connectivity index (χ2v) is 3.62. The summed E-state index contributed by atoms with van der Waals surface area (Å²) < 4.78 is 0. The number of nitrogens with one attached hydrogen (secondary N) is 1. The normalized spacial score (nSPS) is 16.3. The van der Waals surface area contributed by atoms with Crippen LogP contribution >= 0.6 is 0 Å². The second kappa shape index (κ2) is 4.41. The van der Waals surface area contributed by atoms with Crippen molar-refractivity contribution in [2.24, 2.45) is 11.8 Å². The van der Waals surface area contributed by atoms with Crippen molar-refractivity contribution in [3.8, 4) is 11.8 Å². The highest BCUT2D eigenvalue weighted by atomic mass is 14.8. The van der Waals surface area contributed by atoms with Crippen molar-refractivity contribution in [1.29, 1.82) is 0 Å². The Hall–Kier alpha value is -0.480. The third-order valence-electron chi connectivity index (χ3n) is 1.65. The molecule has 0 aromatic rings. The van der Waals surface area contributed by atoms with Crippen LogP contribution in [0.1, 0.15) is 26.7 Å². The molecule has 1 aliphatic carbocycles. The van der Waals surface area contributed by atoms with E-state index in [-0.39, 0.29) is 0 Å². The maximum absolute atomic E-state index is 3.29. The molecule has 0 bridgehead atoms. The fourth-order valence-electron chi connectivity index (χ4n) is 0.846. The van der Waals surface area contributed by atoms with E-state index in [1.165, 1.54) is 12.8 Å². The van der Waals surface area contributed by atoms with Gasteiger partial charge < -0.3 is 5.32 Å². The average molecular weight is 151 g/mol. The molecule has 0 aliphatic heterocycles. The fourth-order valence-corrected chi connectivity index (χ4v) is 0.846. The largest absolute Gasteiger partial charge is 0.306 e. The summed E-state index contributed by atoms with van der Waals surface area (Å²) >= 11 is 0. The van der Waals surface area contributed by atoms with E-state index in [1.807, 2.05) is 0 Å². The van der Waals surface area contributed by atoms with Gasteiger partial charge >= 0.3 is 0 Å². The molecule has 1 nitrogen and oxygen atoms in total. The smallest absolute Gasteiger partial charge is 0.0576 e. The molecule has 1 aliphatic rings. The molecule has 0 aromatic carbocycles. The molecule has 0 amide bonds. The lowest BCUT2D eigenvalue weighted by molar-refractivity contribution is 0.580. The summed E-state index contributed by atoms with van der Waals surface area (Å²) in [6, 6.07) is 0. The molecule has 1 rings (SSSR count). The standard InChI is InChI=1S/C10H17N/c1-9(2)8-11-7-3-4-10-5-6-10/h9-11H,5-8H2,1-2H3. The molecule has 0 spiro atoms. The lowest BCUT2D eigenvalue weighted by Crippen LogP contribution is -2.19. The summed E-state index contributed by atoms with van der Waals surface area (Å²) in [4.78, 5) is 0. The zero-order chi connectivity index (χ0) is 8.10. The highest BCUT2D eigenvalue weighted by Gasteiger charge is 2.17. The van der Waals surface area contributed by atoms with Crippen LogP contribution in [-0.2, 0) is 0 Å². The first-order valence-corrected chi connectivity index (χ1v) is 4.48. The highest BCUT2D eigenvalue weighted by molar-refractivity contribution is 5.09. The molecular weight excluding hydrogens is 134 g/mol. The van der Waals surface area contributed by atoms with Gasteiger partial charge in [0.1, 0.15) is 0 Å². The summed E-state index contributed by atoms with van der Waals surface area (Å²) in [6.45, 7) is 6.37.